The molecule has 0 saturated heterocycles. The van der Waals surface area contributed by atoms with Crippen molar-refractivity contribution in [2.45, 2.75) is 43.0 Å². The topological polar surface area (TPSA) is 62.1 Å². The van der Waals surface area contributed by atoms with E-state index in [1.165, 1.54) is 0 Å². The maximum absolute atomic E-state index is 12.5. The van der Waals surface area contributed by atoms with E-state index >= 15 is 0 Å². The molecule has 1 aliphatic heterocycles. The second-order valence-corrected chi connectivity index (χ2v) is 9.12. The van der Waals surface area contributed by atoms with Crippen LogP contribution < -0.4 is 5.11 Å². The van der Waals surface area contributed by atoms with Gasteiger partial charge < -0.3 is 14.5 Å². The van der Waals surface area contributed by atoms with Gasteiger partial charge in [-0.1, -0.05) is 29.8 Å². The molecule has 2 heterocycles. The van der Waals surface area contributed by atoms with E-state index in [2.05, 4.69) is 4.57 Å². The van der Waals surface area contributed by atoms with Crippen LogP contribution in [0.15, 0.2) is 47.4 Å². The number of aromatic nitrogens is 1. The van der Waals surface area contributed by atoms with Crippen molar-refractivity contribution in [1.29, 1.82) is 0 Å². The van der Waals surface area contributed by atoms with Gasteiger partial charge >= 0.3 is 0 Å². The average Bonchev–Trinajstić information content (AvgIpc) is 2.98. The summed E-state index contributed by atoms with van der Waals surface area (Å²) in [6.07, 6.45) is 4.09. The van der Waals surface area contributed by atoms with Crippen molar-refractivity contribution < 1.29 is 14.1 Å². The highest BCUT2D eigenvalue weighted by atomic mass is 35.5. The van der Waals surface area contributed by atoms with Gasteiger partial charge in [-0.2, -0.15) is 0 Å². The zero-order valence-electron chi connectivity index (χ0n) is 15.6. The zero-order chi connectivity index (χ0) is 19.8. The predicted octanol–water partition coefficient (Wildman–Crippen LogP) is 3.64. The molecule has 1 aromatic heterocycles. The summed E-state index contributed by atoms with van der Waals surface area (Å²) in [5, 5.41) is 13.1. The quantitative estimate of drug-likeness (QED) is 0.640. The fourth-order valence-corrected chi connectivity index (χ4v) is 5.34. The first-order valence-corrected chi connectivity index (χ1v) is 11.3. The minimum atomic E-state index is -1.14. The molecule has 4 rings (SSSR count). The Morgan fingerprint density at radius 2 is 2.00 bits per heavy atom. The van der Waals surface area contributed by atoms with Crippen LogP contribution in [0.4, 0.5) is 0 Å². The summed E-state index contributed by atoms with van der Waals surface area (Å²) < 4.78 is 14.7. The second kappa shape index (κ2) is 7.72. The Hall–Kier alpha value is -2.11. The molecule has 0 N–H and O–H groups in total. The molecule has 28 heavy (non-hydrogen) atoms. The maximum Gasteiger partial charge on any atom is 0.0505 e. The molecule has 146 valence electrons. The Kier molecular flexibility index (Phi) is 5.30. The Labute approximate surface area is 171 Å². The van der Waals surface area contributed by atoms with Crippen LogP contribution >= 0.6 is 11.6 Å². The number of fused-ring (bicyclic) bond motifs is 3. The fraction of sp³-hybridized carbons (Fsp3) is 0.318. The van der Waals surface area contributed by atoms with Crippen molar-refractivity contribution in [3.05, 3.63) is 64.3 Å². The number of benzene rings is 2. The third kappa shape index (κ3) is 3.49. The lowest BCUT2D eigenvalue weighted by Gasteiger charge is -2.27. The highest BCUT2D eigenvalue weighted by molar-refractivity contribution is 7.84. The summed E-state index contributed by atoms with van der Waals surface area (Å²) >= 11 is 6.03. The summed E-state index contributed by atoms with van der Waals surface area (Å²) in [5.74, 6) is -1.12. The van der Waals surface area contributed by atoms with E-state index in [-0.39, 0.29) is 12.3 Å². The van der Waals surface area contributed by atoms with Crippen LogP contribution in [-0.4, -0.2) is 21.0 Å². The number of carboxylic acid groups (broad SMARTS) is 1. The molecule has 0 radical (unpaired) electrons. The largest absolute Gasteiger partial charge is 0.550 e. The fourth-order valence-electron chi connectivity index (χ4n) is 4.43. The first-order valence-electron chi connectivity index (χ1n) is 9.37. The van der Waals surface area contributed by atoms with Gasteiger partial charge in [0.1, 0.15) is 0 Å². The molecule has 1 aliphatic rings. The molecule has 0 spiro atoms. The number of hydrogen-bond acceptors (Lipinski definition) is 3. The molecule has 4 nitrogen and oxygen atoms in total. The van der Waals surface area contributed by atoms with E-state index in [1.807, 2.05) is 42.5 Å². The molecule has 0 fully saturated rings. The summed E-state index contributed by atoms with van der Waals surface area (Å²) in [4.78, 5) is 12.2. The van der Waals surface area contributed by atoms with Crippen molar-refractivity contribution in [3.8, 4) is 0 Å². The normalized spacial score (nSPS) is 17.4. The van der Waals surface area contributed by atoms with E-state index in [9.17, 15) is 14.1 Å². The first kappa shape index (κ1) is 19.2. The van der Waals surface area contributed by atoms with Crippen molar-refractivity contribution in [1.82, 2.24) is 4.57 Å². The average molecular weight is 415 g/mol. The zero-order valence-corrected chi connectivity index (χ0v) is 17.2. The van der Waals surface area contributed by atoms with Gasteiger partial charge in [0.15, 0.2) is 0 Å². The Bertz CT molecular complexity index is 1070. The van der Waals surface area contributed by atoms with Crippen molar-refractivity contribution in [2.75, 3.05) is 6.26 Å². The molecular formula is C22H21ClNO3S-. The van der Waals surface area contributed by atoms with Crippen molar-refractivity contribution in [3.63, 3.8) is 0 Å². The SMILES string of the molecule is CS(=O)c1cccc2c1c(Cc1ccc(Cl)cc1)c1n2CCCC1CC(=O)[O-]. The molecule has 0 amide bonds. The number of carbonyl (C=O) groups excluding carboxylic acids is 1. The van der Waals surface area contributed by atoms with E-state index in [4.69, 9.17) is 11.6 Å². The minimum absolute atomic E-state index is 0.00842. The molecule has 2 atom stereocenters. The predicted molar refractivity (Wildman–Crippen MR) is 110 cm³/mol. The molecule has 0 bridgehead atoms. The van der Waals surface area contributed by atoms with Gasteiger partial charge in [-0.05, 0) is 61.1 Å². The standard InChI is InChI=1S/C22H22ClNO3S/c1-28(27)19-6-2-5-18-21(19)17(12-14-7-9-16(23)10-8-14)22-15(13-20(25)26)4-3-11-24(18)22/h2,5-10,15H,3-4,11-13H2,1H3,(H,25,26)/p-1. The third-order valence-corrected chi connectivity index (χ3v) is 6.75. The number of carbonyl (C=O) groups is 1. The molecule has 2 unspecified atom stereocenters. The molecule has 0 saturated carbocycles. The summed E-state index contributed by atoms with van der Waals surface area (Å²) in [6, 6.07) is 13.6. The van der Waals surface area contributed by atoms with E-state index in [0.29, 0.717) is 11.4 Å². The lowest BCUT2D eigenvalue weighted by molar-refractivity contribution is -0.306. The maximum atomic E-state index is 12.5. The molecule has 6 heteroatoms. The first-order chi connectivity index (χ1) is 13.5. The highest BCUT2D eigenvalue weighted by Gasteiger charge is 2.29. The van der Waals surface area contributed by atoms with E-state index in [0.717, 1.165) is 52.0 Å². The van der Waals surface area contributed by atoms with Gasteiger partial charge in [0, 0.05) is 51.2 Å². The van der Waals surface area contributed by atoms with E-state index in [1.54, 1.807) is 6.26 Å². The third-order valence-electron chi connectivity index (χ3n) is 5.53. The van der Waals surface area contributed by atoms with Crippen molar-refractivity contribution >= 4 is 39.3 Å². The molecule has 2 aromatic carbocycles. The number of aliphatic carboxylic acids is 1. The van der Waals surface area contributed by atoms with Gasteiger partial charge in [-0.3, -0.25) is 4.21 Å². The van der Waals surface area contributed by atoms with Crippen LogP contribution in [0.2, 0.25) is 5.02 Å². The van der Waals surface area contributed by atoms with Crippen LogP contribution in [0.5, 0.6) is 0 Å². The lowest BCUT2D eigenvalue weighted by atomic mass is 9.88. The van der Waals surface area contributed by atoms with E-state index < -0.39 is 16.8 Å². The Morgan fingerprint density at radius 3 is 2.68 bits per heavy atom. The Balaban J connectivity index is 1.97. The van der Waals surface area contributed by atoms with Crippen molar-refractivity contribution in [2.24, 2.45) is 0 Å². The highest BCUT2D eigenvalue weighted by Crippen LogP contribution is 2.41. The second-order valence-electron chi connectivity index (χ2n) is 7.34. The number of halogens is 1. The number of nitrogens with zero attached hydrogens (tertiary/aromatic N) is 1. The smallest absolute Gasteiger partial charge is 0.0505 e. The number of rotatable bonds is 5. The number of carboxylic acids is 1. The number of aryl methyl sites for hydroxylation is 1. The lowest BCUT2D eigenvalue weighted by Crippen LogP contribution is -2.27. The summed E-state index contributed by atoms with van der Waals surface area (Å²) in [7, 11) is -1.14. The van der Waals surface area contributed by atoms with Crippen LogP contribution in [0.3, 0.4) is 0 Å². The summed E-state index contributed by atoms with van der Waals surface area (Å²) in [5.41, 5.74) is 4.26. The van der Waals surface area contributed by atoms with Gasteiger partial charge in [0.25, 0.3) is 0 Å². The van der Waals surface area contributed by atoms with Crippen LogP contribution in [0, 0.1) is 0 Å². The van der Waals surface area contributed by atoms with Crippen LogP contribution in [0.25, 0.3) is 10.9 Å². The van der Waals surface area contributed by atoms with Crippen LogP contribution in [-0.2, 0) is 28.6 Å². The summed E-state index contributed by atoms with van der Waals surface area (Å²) in [6.45, 7) is 0.843. The van der Waals surface area contributed by atoms with Crippen LogP contribution in [0.1, 0.15) is 42.0 Å². The molecular weight excluding hydrogens is 394 g/mol. The number of hydrogen-bond donors (Lipinski definition) is 0. The molecule has 3 aromatic rings. The molecule has 0 aliphatic carbocycles. The van der Waals surface area contributed by atoms with Gasteiger partial charge in [-0.15, -0.1) is 0 Å². The Morgan fingerprint density at radius 1 is 1.25 bits per heavy atom. The monoisotopic (exact) mass is 414 g/mol. The van der Waals surface area contributed by atoms with Gasteiger partial charge in [-0.25, -0.2) is 0 Å². The minimum Gasteiger partial charge on any atom is -0.550 e. The van der Waals surface area contributed by atoms with Gasteiger partial charge in [0.2, 0.25) is 0 Å². The van der Waals surface area contributed by atoms with Gasteiger partial charge in [0.05, 0.1) is 10.8 Å².